The molecule has 0 aliphatic carbocycles. The summed E-state index contributed by atoms with van der Waals surface area (Å²) >= 11 is 1.42. The molecule has 21 heavy (non-hydrogen) atoms. The van der Waals surface area contributed by atoms with E-state index < -0.39 is 0 Å². The summed E-state index contributed by atoms with van der Waals surface area (Å²) in [5.41, 5.74) is 1.95. The molecule has 112 valence electrons. The smallest absolute Gasteiger partial charge is 0.264 e. The van der Waals surface area contributed by atoms with Crippen LogP contribution in [0.4, 0.5) is 5.13 Å². The van der Waals surface area contributed by atoms with Gasteiger partial charge in [0.1, 0.15) is 5.75 Å². The number of para-hydroxylation sites is 1. The number of hydrogen-bond acceptors (Lipinski definition) is 5. The van der Waals surface area contributed by atoms with Crippen LogP contribution in [-0.4, -0.2) is 36.5 Å². The van der Waals surface area contributed by atoms with Crippen LogP contribution in [0.1, 0.15) is 11.3 Å². The molecular weight excluding hydrogens is 286 g/mol. The summed E-state index contributed by atoms with van der Waals surface area (Å²) in [6.07, 6.45) is 0. The van der Waals surface area contributed by atoms with Crippen molar-refractivity contribution in [2.75, 3.05) is 26.0 Å². The molecule has 0 aliphatic heterocycles. The molecule has 2 rings (SSSR count). The molecule has 0 aliphatic rings. The molecule has 1 N–H and O–H groups in total. The molecule has 1 amide bonds. The summed E-state index contributed by atoms with van der Waals surface area (Å²) in [5.74, 6) is 0.518. The molecule has 0 fully saturated rings. The van der Waals surface area contributed by atoms with Gasteiger partial charge in [-0.1, -0.05) is 18.2 Å². The topological polar surface area (TPSA) is 54.5 Å². The van der Waals surface area contributed by atoms with Crippen molar-refractivity contribution in [3.05, 3.63) is 40.9 Å². The first-order valence-corrected chi connectivity index (χ1v) is 7.50. The number of nitrogens with one attached hydrogen (secondary N) is 1. The fourth-order valence-electron chi connectivity index (χ4n) is 1.78. The van der Waals surface area contributed by atoms with E-state index in [2.05, 4.69) is 10.3 Å². The summed E-state index contributed by atoms with van der Waals surface area (Å²) in [5, 5.41) is 5.29. The van der Waals surface area contributed by atoms with Gasteiger partial charge in [0.05, 0.1) is 5.69 Å². The predicted molar refractivity (Wildman–Crippen MR) is 84.8 cm³/mol. The van der Waals surface area contributed by atoms with E-state index in [1.807, 2.05) is 55.6 Å². The van der Waals surface area contributed by atoms with Crippen LogP contribution in [0, 0.1) is 6.92 Å². The third-order valence-corrected chi connectivity index (χ3v) is 3.54. The Hall–Kier alpha value is -1.92. The lowest BCUT2D eigenvalue weighted by atomic mass is 10.2. The van der Waals surface area contributed by atoms with E-state index in [4.69, 9.17) is 4.74 Å². The van der Waals surface area contributed by atoms with Gasteiger partial charge in [-0.3, -0.25) is 10.1 Å². The summed E-state index contributed by atoms with van der Waals surface area (Å²) in [6.45, 7) is 2.68. The Balaban J connectivity index is 1.84. The average Bonchev–Trinajstić information content (AvgIpc) is 2.84. The van der Waals surface area contributed by atoms with Crippen LogP contribution in [0.25, 0.3) is 0 Å². The molecule has 0 unspecified atom stereocenters. The standard InChI is InChI=1S/C15H19N3O2S/c1-11-6-4-5-7-13(11)20-9-14(19)17-15-16-12(10-21-15)8-18(2)3/h4-7,10H,8-9H2,1-3H3,(H,16,17,19). The number of amides is 1. The van der Waals surface area contributed by atoms with E-state index in [-0.39, 0.29) is 12.5 Å². The van der Waals surface area contributed by atoms with Gasteiger partial charge in [-0.25, -0.2) is 4.98 Å². The van der Waals surface area contributed by atoms with Gasteiger partial charge in [0.2, 0.25) is 0 Å². The van der Waals surface area contributed by atoms with Crippen molar-refractivity contribution in [2.24, 2.45) is 0 Å². The minimum absolute atomic E-state index is 0.0204. The van der Waals surface area contributed by atoms with E-state index >= 15 is 0 Å². The number of carbonyl (C=O) groups is 1. The van der Waals surface area contributed by atoms with E-state index in [9.17, 15) is 4.79 Å². The SMILES string of the molecule is Cc1ccccc1OCC(=O)Nc1nc(CN(C)C)cs1. The highest BCUT2D eigenvalue weighted by Gasteiger charge is 2.08. The van der Waals surface area contributed by atoms with Crippen molar-refractivity contribution < 1.29 is 9.53 Å². The first-order valence-electron chi connectivity index (χ1n) is 6.62. The van der Waals surface area contributed by atoms with Gasteiger partial charge in [0.25, 0.3) is 5.91 Å². The average molecular weight is 305 g/mol. The molecule has 1 aromatic carbocycles. The fraction of sp³-hybridized carbons (Fsp3) is 0.333. The third kappa shape index (κ3) is 4.84. The Labute approximate surface area is 128 Å². The maximum absolute atomic E-state index is 11.8. The molecule has 0 spiro atoms. The quantitative estimate of drug-likeness (QED) is 0.891. The molecule has 1 aromatic heterocycles. The summed E-state index contributed by atoms with van der Waals surface area (Å²) in [4.78, 5) is 18.2. The minimum Gasteiger partial charge on any atom is -0.483 e. The van der Waals surface area contributed by atoms with Crippen molar-refractivity contribution in [1.29, 1.82) is 0 Å². The lowest BCUT2D eigenvalue weighted by Gasteiger charge is -2.08. The second kappa shape index (κ2) is 7.19. The second-order valence-electron chi connectivity index (χ2n) is 4.98. The van der Waals surface area contributed by atoms with E-state index in [0.717, 1.165) is 23.6 Å². The van der Waals surface area contributed by atoms with Crippen LogP contribution in [-0.2, 0) is 11.3 Å². The van der Waals surface area contributed by atoms with Crippen LogP contribution in [0.5, 0.6) is 5.75 Å². The Kier molecular flexibility index (Phi) is 5.30. The van der Waals surface area contributed by atoms with Crippen LogP contribution in [0.3, 0.4) is 0 Å². The number of hydrogen-bond donors (Lipinski definition) is 1. The Morgan fingerprint density at radius 1 is 1.38 bits per heavy atom. The molecule has 5 nitrogen and oxygen atoms in total. The minimum atomic E-state index is -0.205. The number of carbonyl (C=O) groups excluding carboxylic acids is 1. The molecule has 2 aromatic rings. The van der Waals surface area contributed by atoms with E-state index in [0.29, 0.717) is 5.13 Å². The number of anilines is 1. The molecule has 0 saturated carbocycles. The molecule has 6 heteroatoms. The van der Waals surface area contributed by atoms with Crippen LogP contribution < -0.4 is 10.1 Å². The molecule has 0 atom stereocenters. The van der Waals surface area contributed by atoms with Gasteiger partial charge in [0, 0.05) is 11.9 Å². The molecule has 1 heterocycles. The Bertz CT molecular complexity index is 610. The van der Waals surface area contributed by atoms with Crippen LogP contribution in [0.2, 0.25) is 0 Å². The zero-order valence-corrected chi connectivity index (χ0v) is 13.2. The predicted octanol–water partition coefficient (Wildman–Crippen LogP) is 2.53. The summed E-state index contributed by atoms with van der Waals surface area (Å²) in [6, 6.07) is 7.61. The number of benzene rings is 1. The third-order valence-electron chi connectivity index (χ3n) is 2.73. The number of ether oxygens (including phenoxy) is 1. The maximum Gasteiger partial charge on any atom is 0.264 e. The number of rotatable bonds is 6. The monoisotopic (exact) mass is 305 g/mol. The largest absolute Gasteiger partial charge is 0.483 e. The Morgan fingerprint density at radius 2 is 2.14 bits per heavy atom. The van der Waals surface area contributed by atoms with Gasteiger partial charge < -0.3 is 9.64 Å². The van der Waals surface area contributed by atoms with Crippen molar-refractivity contribution in [2.45, 2.75) is 13.5 Å². The van der Waals surface area contributed by atoms with Gasteiger partial charge in [-0.05, 0) is 32.6 Å². The van der Waals surface area contributed by atoms with E-state index in [1.54, 1.807) is 0 Å². The highest BCUT2D eigenvalue weighted by molar-refractivity contribution is 7.13. The highest BCUT2D eigenvalue weighted by atomic mass is 32.1. The molecule has 0 bridgehead atoms. The Morgan fingerprint density at radius 3 is 2.86 bits per heavy atom. The molecule has 0 saturated heterocycles. The summed E-state index contributed by atoms with van der Waals surface area (Å²) < 4.78 is 5.50. The van der Waals surface area contributed by atoms with Gasteiger partial charge in [0.15, 0.2) is 11.7 Å². The maximum atomic E-state index is 11.8. The number of aryl methyl sites for hydroxylation is 1. The van der Waals surface area contributed by atoms with Crippen LogP contribution in [0.15, 0.2) is 29.6 Å². The van der Waals surface area contributed by atoms with Gasteiger partial charge >= 0.3 is 0 Å². The lowest BCUT2D eigenvalue weighted by molar-refractivity contribution is -0.118. The normalized spacial score (nSPS) is 10.7. The second-order valence-corrected chi connectivity index (χ2v) is 5.84. The lowest BCUT2D eigenvalue weighted by Crippen LogP contribution is -2.20. The van der Waals surface area contributed by atoms with Gasteiger partial charge in [-0.2, -0.15) is 0 Å². The highest BCUT2D eigenvalue weighted by Crippen LogP contribution is 2.18. The zero-order valence-electron chi connectivity index (χ0n) is 12.4. The summed E-state index contributed by atoms with van der Waals surface area (Å²) in [7, 11) is 3.96. The number of thiazole rings is 1. The molecular formula is C15H19N3O2S. The van der Waals surface area contributed by atoms with Crippen molar-refractivity contribution in [3.8, 4) is 5.75 Å². The van der Waals surface area contributed by atoms with Crippen LogP contribution >= 0.6 is 11.3 Å². The number of aromatic nitrogens is 1. The van der Waals surface area contributed by atoms with Gasteiger partial charge in [-0.15, -0.1) is 11.3 Å². The first kappa shape index (κ1) is 15.5. The first-order chi connectivity index (χ1) is 10.0. The van der Waals surface area contributed by atoms with E-state index in [1.165, 1.54) is 11.3 Å². The fourth-order valence-corrected chi connectivity index (χ4v) is 2.50. The van der Waals surface area contributed by atoms with Crippen molar-refractivity contribution in [1.82, 2.24) is 9.88 Å². The molecule has 0 radical (unpaired) electrons. The zero-order chi connectivity index (χ0) is 15.2. The van der Waals surface area contributed by atoms with Crippen molar-refractivity contribution in [3.63, 3.8) is 0 Å². The van der Waals surface area contributed by atoms with Crippen molar-refractivity contribution >= 4 is 22.4 Å². The number of nitrogens with zero attached hydrogens (tertiary/aromatic N) is 2.